The fraction of sp³-hybridized carbons (Fsp3) is 0.417. The average Bonchev–Trinajstić information content (AvgIpc) is 2.20. The number of likely N-dealkylation sites (N-methyl/N-ethyl adjacent to an activating group) is 1. The molecule has 2 nitrogen and oxygen atoms in total. The fourth-order valence-electron chi connectivity index (χ4n) is 0.499. The highest BCUT2D eigenvalue weighted by Gasteiger charge is 1.94. The predicted molar refractivity (Wildman–Crippen MR) is 63.1 cm³/mol. The molecule has 0 bridgehead atoms. The van der Waals surface area contributed by atoms with Gasteiger partial charge in [-0.1, -0.05) is 44.2 Å². The lowest BCUT2D eigenvalue weighted by Gasteiger charge is -2.04. The van der Waals surface area contributed by atoms with Gasteiger partial charge in [0.05, 0.1) is 0 Å². The quantitative estimate of drug-likeness (QED) is 0.501. The Hall–Kier alpha value is -1.31. The molecule has 0 heterocycles. The Labute approximate surface area is 87.6 Å². The smallest absolute Gasteiger partial charge is 0.246 e. The van der Waals surface area contributed by atoms with Crippen LogP contribution >= 0.6 is 0 Å². The van der Waals surface area contributed by atoms with Crippen molar-refractivity contribution in [1.82, 2.24) is 4.90 Å². The summed E-state index contributed by atoms with van der Waals surface area (Å²) >= 11 is 0. The Morgan fingerprint density at radius 1 is 1.29 bits per heavy atom. The first-order valence-electron chi connectivity index (χ1n) is 4.76. The fourth-order valence-corrected chi connectivity index (χ4v) is 0.499. The molecule has 0 atom stereocenters. The summed E-state index contributed by atoms with van der Waals surface area (Å²) in [6.07, 6.45) is 6.82. The molecule has 1 amide bonds. The summed E-state index contributed by atoms with van der Waals surface area (Å²) in [5.41, 5.74) is 1.04. The van der Waals surface area contributed by atoms with Crippen molar-refractivity contribution in [2.45, 2.75) is 20.8 Å². The van der Waals surface area contributed by atoms with Crippen molar-refractivity contribution in [3.05, 3.63) is 36.5 Å². The van der Waals surface area contributed by atoms with Crippen molar-refractivity contribution in [2.24, 2.45) is 0 Å². The van der Waals surface area contributed by atoms with Crippen molar-refractivity contribution in [2.75, 3.05) is 14.1 Å². The van der Waals surface area contributed by atoms with Crippen molar-refractivity contribution in [3.8, 4) is 0 Å². The molecule has 0 aliphatic rings. The van der Waals surface area contributed by atoms with E-state index in [1.807, 2.05) is 26.8 Å². The maximum Gasteiger partial charge on any atom is 0.246 e. The van der Waals surface area contributed by atoms with Crippen molar-refractivity contribution in [3.63, 3.8) is 0 Å². The lowest BCUT2D eigenvalue weighted by atomic mass is 10.3. The number of carbonyl (C=O) groups excluding carboxylic acids is 1. The maximum absolute atomic E-state index is 11.0. The molecule has 2 heteroatoms. The van der Waals surface area contributed by atoms with E-state index in [0.717, 1.165) is 5.57 Å². The minimum Gasteiger partial charge on any atom is -0.345 e. The Balaban J connectivity index is 0. The van der Waals surface area contributed by atoms with Crippen LogP contribution in [-0.4, -0.2) is 24.9 Å². The normalized spacial score (nSPS) is 10.5. The van der Waals surface area contributed by atoms with Gasteiger partial charge in [-0.05, 0) is 6.92 Å². The summed E-state index contributed by atoms with van der Waals surface area (Å²) in [5, 5.41) is 0. The zero-order valence-electron chi connectivity index (χ0n) is 9.87. The molecule has 0 fully saturated rings. The molecule has 0 aliphatic carbocycles. The number of nitrogens with zero attached hydrogens (tertiary/aromatic N) is 1. The van der Waals surface area contributed by atoms with Gasteiger partial charge in [-0.25, -0.2) is 0 Å². The molecule has 0 spiro atoms. The van der Waals surface area contributed by atoms with Crippen LogP contribution in [0, 0.1) is 0 Å². The summed E-state index contributed by atoms with van der Waals surface area (Å²) in [4.78, 5) is 12.5. The highest BCUT2D eigenvalue weighted by Crippen LogP contribution is 1.93. The van der Waals surface area contributed by atoms with Crippen LogP contribution in [0.25, 0.3) is 0 Å². The van der Waals surface area contributed by atoms with E-state index in [-0.39, 0.29) is 5.91 Å². The first-order valence-corrected chi connectivity index (χ1v) is 4.76. The van der Waals surface area contributed by atoms with Gasteiger partial charge >= 0.3 is 0 Å². The Morgan fingerprint density at radius 3 is 2.14 bits per heavy atom. The monoisotopic (exact) mass is 195 g/mol. The lowest BCUT2D eigenvalue weighted by Crippen LogP contribution is -2.18. The minimum absolute atomic E-state index is 0.0110. The van der Waals surface area contributed by atoms with Gasteiger partial charge in [0.2, 0.25) is 5.91 Å². The summed E-state index contributed by atoms with van der Waals surface area (Å²) in [5.74, 6) is -0.0110. The van der Waals surface area contributed by atoms with Crippen LogP contribution in [0.1, 0.15) is 20.8 Å². The van der Waals surface area contributed by atoms with Gasteiger partial charge in [0.1, 0.15) is 0 Å². The van der Waals surface area contributed by atoms with Crippen molar-refractivity contribution < 1.29 is 4.79 Å². The first-order chi connectivity index (χ1) is 6.57. The number of rotatable bonds is 3. The third-order valence-corrected chi connectivity index (χ3v) is 1.36. The third-order valence-electron chi connectivity index (χ3n) is 1.36. The average molecular weight is 195 g/mol. The molecule has 14 heavy (non-hydrogen) atoms. The van der Waals surface area contributed by atoms with Gasteiger partial charge in [0.25, 0.3) is 0 Å². The number of allylic oxidation sites excluding steroid dienone is 4. The van der Waals surface area contributed by atoms with Crippen LogP contribution in [0.4, 0.5) is 0 Å². The number of hydrogen-bond donors (Lipinski definition) is 0. The summed E-state index contributed by atoms with van der Waals surface area (Å²) in [7, 11) is 3.44. The zero-order valence-corrected chi connectivity index (χ0v) is 9.87. The molecule has 0 saturated heterocycles. The first kappa shape index (κ1) is 15.2. The Bertz CT molecular complexity index is 224. The van der Waals surface area contributed by atoms with Gasteiger partial charge < -0.3 is 4.90 Å². The van der Waals surface area contributed by atoms with E-state index >= 15 is 0 Å². The molecule has 0 N–H and O–H groups in total. The third kappa shape index (κ3) is 8.78. The highest BCUT2D eigenvalue weighted by atomic mass is 16.2. The molecule has 0 radical (unpaired) electrons. The summed E-state index contributed by atoms with van der Waals surface area (Å²) in [6.45, 7) is 9.52. The number of carbonyl (C=O) groups is 1. The van der Waals surface area contributed by atoms with E-state index in [9.17, 15) is 4.79 Å². The van der Waals surface area contributed by atoms with E-state index in [2.05, 4.69) is 6.58 Å². The van der Waals surface area contributed by atoms with Crippen LogP contribution in [0.5, 0.6) is 0 Å². The minimum atomic E-state index is -0.0110. The van der Waals surface area contributed by atoms with Crippen LogP contribution in [0.2, 0.25) is 0 Å². The van der Waals surface area contributed by atoms with E-state index in [1.54, 1.807) is 26.2 Å². The van der Waals surface area contributed by atoms with E-state index in [0.29, 0.717) is 0 Å². The van der Waals surface area contributed by atoms with Crippen LogP contribution in [0.3, 0.4) is 0 Å². The number of amides is 1. The molecule has 0 aromatic heterocycles. The molecule has 0 saturated carbocycles. The topological polar surface area (TPSA) is 20.3 Å². The molecule has 0 aliphatic heterocycles. The largest absolute Gasteiger partial charge is 0.345 e. The van der Waals surface area contributed by atoms with Crippen molar-refractivity contribution in [1.29, 1.82) is 0 Å². The molecule has 0 unspecified atom stereocenters. The van der Waals surface area contributed by atoms with Crippen LogP contribution < -0.4 is 0 Å². The Kier molecular flexibility index (Phi) is 10.6. The Morgan fingerprint density at radius 2 is 1.79 bits per heavy atom. The second kappa shape index (κ2) is 9.78. The lowest BCUT2D eigenvalue weighted by molar-refractivity contribution is -0.123. The predicted octanol–water partition coefficient (Wildman–Crippen LogP) is 2.79. The second-order valence-electron chi connectivity index (χ2n) is 2.71. The van der Waals surface area contributed by atoms with Gasteiger partial charge in [-0.15, -0.1) is 0 Å². The molecular formula is C12H21NO. The molecular weight excluding hydrogens is 174 g/mol. The standard InChI is InChI=1S/C10H15NO.C2H6/c1-5-9(2)7-6-8-10(12)11(3)4;1-2/h5-8H,1H2,2-4H3;1-2H3/b8-6+,9-7-;. The van der Waals surface area contributed by atoms with E-state index < -0.39 is 0 Å². The van der Waals surface area contributed by atoms with Gasteiger partial charge in [-0.2, -0.15) is 0 Å². The van der Waals surface area contributed by atoms with Crippen LogP contribution in [-0.2, 0) is 4.79 Å². The van der Waals surface area contributed by atoms with Gasteiger partial charge in [0.15, 0.2) is 0 Å². The molecule has 80 valence electrons. The molecule has 0 aromatic rings. The van der Waals surface area contributed by atoms with E-state index in [4.69, 9.17) is 0 Å². The molecule has 0 rings (SSSR count). The zero-order chi connectivity index (χ0) is 11.6. The van der Waals surface area contributed by atoms with Gasteiger partial charge in [-0.3, -0.25) is 4.79 Å². The summed E-state index contributed by atoms with van der Waals surface area (Å²) in [6, 6.07) is 0. The molecule has 0 aromatic carbocycles. The SMILES string of the molecule is C=C/C(C)=C\C=C\C(=O)N(C)C.CC. The van der Waals surface area contributed by atoms with Crippen molar-refractivity contribution >= 4 is 5.91 Å². The summed E-state index contributed by atoms with van der Waals surface area (Å²) < 4.78 is 0. The maximum atomic E-state index is 11.0. The van der Waals surface area contributed by atoms with E-state index in [1.165, 1.54) is 11.0 Å². The second-order valence-corrected chi connectivity index (χ2v) is 2.71. The number of hydrogen-bond acceptors (Lipinski definition) is 1. The van der Waals surface area contributed by atoms with Crippen LogP contribution in [0.15, 0.2) is 36.5 Å². The van der Waals surface area contributed by atoms with Gasteiger partial charge in [0, 0.05) is 20.2 Å². The highest BCUT2D eigenvalue weighted by molar-refractivity contribution is 5.87.